The number of carboxylic acid groups (broad SMARTS) is 1. The standard InChI is InChI=1S/C7H10N2O2.HNO3/c1-5(7(10)11)6-8-3-4-9(6)2;2-1(3)4/h3-5H,1-2H3,(H,10,11);(H,2,3,4). The van der Waals surface area contributed by atoms with E-state index in [0.29, 0.717) is 5.82 Å². The minimum Gasteiger partial charge on any atom is -0.481 e. The maximum atomic E-state index is 10.5. The van der Waals surface area contributed by atoms with Crippen LogP contribution in [-0.2, 0) is 11.8 Å². The molecule has 1 atom stereocenters. The lowest BCUT2D eigenvalue weighted by Crippen LogP contribution is -2.12. The molecule has 8 nitrogen and oxygen atoms in total. The molecular formula is C7H11N3O5. The fraction of sp³-hybridized carbons (Fsp3) is 0.429. The first kappa shape index (κ1) is 12.9. The molecule has 0 spiro atoms. The minimum absolute atomic E-state index is 0.532. The highest BCUT2D eigenvalue weighted by Crippen LogP contribution is 2.10. The van der Waals surface area contributed by atoms with E-state index in [2.05, 4.69) is 4.98 Å². The molecule has 1 unspecified atom stereocenters. The van der Waals surface area contributed by atoms with Crippen molar-refractivity contribution in [2.45, 2.75) is 12.8 Å². The van der Waals surface area contributed by atoms with Crippen molar-refractivity contribution in [1.29, 1.82) is 0 Å². The van der Waals surface area contributed by atoms with Gasteiger partial charge in [0, 0.05) is 19.4 Å². The van der Waals surface area contributed by atoms with Gasteiger partial charge in [-0.15, -0.1) is 10.1 Å². The Morgan fingerprint density at radius 2 is 2.20 bits per heavy atom. The second-order valence-electron chi connectivity index (χ2n) is 2.69. The molecule has 1 aromatic heterocycles. The topological polar surface area (TPSA) is 118 Å². The quantitative estimate of drug-likeness (QED) is 0.541. The first-order valence-electron chi connectivity index (χ1n) is 3.89. The SMILES string of the molecule is CC(C(=O)O)c1nccn1C.O=[N+]([O-])O. The van der Waals surface area contributed by atoms with Crippen molar-refractivity contribution < 1.29 is 20.2 Å². The molecule has 0 saturated carbocycles. The number of hydrogen-bond acceptors (Lipinski definition) is 4. The van der Waals surface area contributed by atoms with E-state index in [0.717, 1.165) is 0 Å². The van der Waals surface area contributed by atoms with Crippen LogP contribution in [0.5, 0.6) is 0 Å². The van der Waals surface area contributed by atoms with Gasteiger partial charge in [-0.3, -0.25) is 4.79 Å². The number of carboxylic acids is 1. The van der Waals surface area contributed by atoms with Crippen LogP contribution in [0, 0.1) is 10.1 Å². The van der Waals surface area contributed by atoms with Crippen LogP contribution in [-0.4, -0.2) is 30.9 Å². The van der Waals surface area contributed by atoms with Crippen LogP contribution in [0.3, 0.4) is 0 Å². The molecule has 1 aromatic rings. The highest BCUT2D eigenvalue weighted by molar-refractivity contribution is 5.74. The number of nitrogens with zero attached hydrogens (tertiary/aromatic N) is 3. The molecule has 0 radical (unpaired) electrons. The molecule has 1 rings (SSSR count). The Balaban J connectivity index is 0.000000423. The van der Waals surface area contributed by atoms with Crippen LogP contribution < -0.4 is 0 Å². The Kier molecular flexibility index (Phi) is 4.79. The van der Waals surface area contributed by atoms with Crippen molar-refractivity contribution in [3.05, 3.63) is 28.3 Å². The second kappa shape index (κ2) is 5.58. The Labute approximate surface area is 84.9 Å². The zero-order valence-corrected chi connectivity index (χ0v) is 8.19. The summed E-state index contributed by atoms with van der Waals surface area (Å²) in [7, 11) is 1.78. The van der Waals surface area contributed by atoms with Gasteiger partial charge in [0.15, 0.2) is 0 Å². The van der Waals surface area contributed by atoms with Crippen molar-refractivity contribution in [2.75, 3.05) is 0 Å². The van der Waals surface area contributed by atoms with Crippen LogP contribution in [0.1, 0.15) is 18.7 Å². The fourth-order valence-electron chi connectivity index (χ4n) is 0.905. The fourth-order valence-corrected chi connectivity index (χ4v) is 0.905. The summed E-state index contributed by atoms with van der Waals surface area (Å²) in [6, 6.07) is 0. The van der Waals surface area contributed by atoms with E-state index in [9.17, 15) is 4.79 Å². The van der Waals surface area contributed by atoms with Crippen molar-refractivity contribution in [3.63, 3.8) is 0 Å². The molecule has 0 aliphatic carbocycles. The predicted octanol–water partition coefficient (Wildman–Crippen LogP) is 0.261. The summed E-state index contributed by atoms with van der Waals surface area (Å²) < 4.78 is 1.71. The highest BCUT2D eigenvalue weighted by atomic mass is 16.9. The zero-order valence-electron chi connectivity index (χ0n) is 8.19. The lowest BCUT2D eigenvalue weighted by molar-refractivity contribution is -0.742. The minimum atomic E-state index is -1.50. The van der Waals surface area contributed by atoms with Crippen molar-refractivity contribution >= 4 is 5.97 Å². The number of aromatic nitrogens is 2. The molecule has 84 valence electrons. The molecule has 8 heteroatoms. The van der Waals surface area contributed by atoms with E-state index >= 15 is 0 Å². The average Bonchev–Trinajstić information content (AvgIpc) is 2.48. The van der Waals surface area contributed by atoms with Gasteiger partial charge >= 0.3 is 5.97 Å². The molecule has 0 bridgehead atoms. The van der Waals surface area contributed by atoms with E-state index in [1.165, 1.54) is 0 Å². The third kappa shape index (κ3) is 4.60. The largest absolute Gasteiger partial charge is 0.481 e. The lowest BCUT2D eigenvalue weighted by atomic mass is 10.2. The smallest absolute Gasteiger partial charge is 0.313 e. The molecule has 2 N–H and O–H groups in total. The summed E-state index contributed by atoms with van der Waals surface area (Å²) in [5.41, 5.74) is 0. The maximum absolute atomic E-state index is 10.5. The molecule has 0 saturated heterocycles. The van der Waals surface area contributed by atoms with Crippen LogP contribution in [0.25, 0.3) is 0 Å². The van der Waals surface area contributed by atoms with Crippen molar-refractivity contribution in [2.24, 2.45) is 7.05 Å². The number of carbonyl (C=O) groups is 1. The molecular weight excluding hydrogens is 206 g/mol. The average molecular weight is 217 g/mol. The van der Waals surface area contributed by atoms with Gasteiger partial charge in [-0.2, -0.15) is 0 Å². The molecule has 0 aliphatic rings. The molecule has 0 fully saturated rings. The van der Waals surface area contributed by atoms with Gasteiger partial charge < -0.3 is 14.9 Å². The van der Waals surface area contributed by atoms with E-state index in [-0.39, 0.29) is 0 Å². The first-order chi connectivity index (χ1) is 6.86. The van der Waals surface area contributed by atoms with E-state index in [4.69, 9.17) is 20.4 Å². The summed E-state index contributed by atoms with van der Waals surface area (Å²) in [5.74, 6) is -0.799. The number of imidazole rings is 1. The summed E-state index contributed by atoms with van der Waals surface area (Å²) in [4.78, 5) is 22.8. The van der Waals surface area contributed by atoms with Gasteiger partial charge in [0.05, 0.1) is 0 Å². The molecule has 0 aromatic carbocycles. The summed E-state index contributed by atoms with van der Waals surface area (Å²) in [6.45, 7) is 1.62. The summed E-state index contributed by atoms with van der Waals surface area (Å²) in [5, 5.41) is 22.3. The number of rotatable bonds is 2. The van der Waals surface area contributed by atoms with E-state index < -0.39 is 17.0 Å². The molecule has 0 amide bonds. The predicted molar refractivity (Wildman–Crippen MR) is 48.0 cm³/mol. The Morgan fingerprint density at radius 3 is 2.47 bits per heavy atom. The van der Waals surface area contributed by atoms with Crippen LogP contribution in [0.15, 0.2) is 12.4 Å². The van der Waals surface area contributed by atoms with Gasteiger partial charge in [0.2, 0.25) is 0 Å². The summed E-state index contributed by atoms with van der Waals surface area (Å²) in [6.07, 6.45) is 3.32. The van der Waals surface area contributed by atoms with Gasteiger partial charge in [0.1, 0.15) is 11.7 Å². The second-order valence-corrected chi connectivity index (χ2v) is 2.69. The van der Waals surface area contributed by atoms with E-state index in [1.807, 2.05) is 0 Å². The Bertz CT molecular complexity index is 344. The molecule has 1 heterocycles. The number of hydrogen-bond donors (Lipinski definition) is 2. The number of aliphatic carboxylic acids is 1. The third-order valence-electron chi connectivity index (χ3n) is 1.62. The summed E-state index contributed by atoms with van der Waals surface area (Å²) >= 11 is 0. The molecule has 0 aliphatic heterocycles. The van der Waals surface area contributed by atoms with Gasteiger partial charge in [-0.1, -0.05) is 0 Å². The third-order valence-corrected chi connectivity index (χ3v) is 1.62. The normalized spacial score (nSPS) is 11.1. The number of aryl methyl sites for hydroxylation is 1. The van der Waals surface area contributed by atoms with Crippen LogP contribution in [0.2, 0.25) is 0 Å². The van der Waals surface area contributed by atoms with E-state index in [1.54, 1.807) is 30.9 Å². The molecule has 15 heavy (non-hydrogen) atoms. The van der Waals surface area contributed by atoms with Crippen molar-refractivity contribution in [1.82, 2.24) is 9.55 Å². The van der Waals surface area contributed by atoms with Gasteiger partial charge in [0.25, 0.3) is 5.09 Å². The first-order valence-corrected chi connectivity index (χ1v) is 3.89. The zero-order chi connectivity index (χ0) is 12.0. The van der Waals surface area contributed by atoms with Gasteiger partial charge in [-0.25, -0.2) is 4.98 Å². The highest BCUT2D eigenvalue weighted by Gasteiger charge is 2.16. The van der Waals surface area contributed by atoms with Crippen LogP contribution in [0.4, 0.5) is 0 Å². The van der Waals surface area contributed by atoms with Crippen molar-refractivity contribution in [3.8, 4) is 0 Å². The van der Waals surface area contributed by atoms with Crippen LogP contribution >= 0.6 is 0 Å². The monoisotopic (exact) mass is 217 g/mol. The maximum Gasteiger partial charge on any atom is 0.313 e. The Morgan fingerprint density at radius 1 is 1.73 bits per heavy atom. The van der Waals surface area contributed by atoms with Gasteiger partial charge in [-0.05, 0) is 6.92 Å². The Hall–Kier alpha value is -2.12. The lowest BCUT2D eigenvalue weighted by Gasteiger charge is -2.04.